The molecule has 2 aromatic carbocycles. The van der Waals surface area contributed by atoms with Gasteiger partial charge in [-0.1, -0.05) is 6.07 Å². The first-order chi connectivity index (χ1) is 13.6. The van der Waals surface area contributed by atoms with Crippen LogP contribution < -0.4 is 0 Å². The monoisotopic (exact) mass is 376 g/mol. The number of aromatic nitrogens is 3. The molecule has 5 rings (SSSR count). The molecule has 2 aromatic heterocycles. The number of benzene rings is 2. The van der Waals surface area contributed by atoms with Crippen LogP contribution in [0.15, 0.2) is 48.8 Å². The maximum atomic E-state index is 13.5. The average Bonchev–Trinajstić information content (AvgIpc) is 3.31. The third-order valence-electron chi connectivity index (χ3n) is 5.81. The van der Waals surface area contributed by atoms with E-state index in [0.717, 1.165) is 58.9 Å². The summed E-state index contributed by atoms with van der Waals surface area (Å²) >= 11 is 0. The average molecular weight is 376 g/mol. The van der Waals surface area contributed by atoms with Crippen LogP contribution >= 0.6 is 0 Å². The molecule has 6 heteroatoms. The minimum absolute atomic E-state index is 0.145. The predicted molar refractivity (Wildman–Crippen MR) is 108 cm³/mol. The van der Waals surface area contributed by atoms with E-state index in [1.807, 2.05) is 23.4 Å². The van der Waals surface area contributed by atoms with Crippen molar-refractivity contribution in [1.29, 1.82) is 0 Å². The highest BCUT2D eigenvalue weighted by molar-refractivity contribution is 5.97. The van der Waals surface area contributed by atoms with Crippen molar-refractivity contribution < 1.29 is 9.18 Å². The van der Waals surface area contributed by atoms with Crippen LogP contribution in [0.25, 0.3) is 32.9 Å². The lowest BCUT2D eigenvalue weighted by Crippen LogP contribution is -2.37. The second-order valence-corrected chi connectivity index (χ2v) is 7.49. The second-order valence-electron chi connectivity index (χ2n) is 7.49. The fourth-order valence-corrected chi connectivity index (χ4v) is 4.27. The van der Waals surface area contributed by atoms with Crippen molar-refractivity contribution in [1.82, 2.24) is 19.7 Å². The van der Waals surface area contributed by atoms with Gasteiger partial charge < -0.3 is 9.88 Å². The third-order valence-corrected chi connectivity index (χ3v) is 5.81. The van der Waals surface area contributed by atoms with E-state index in [9.17, 15) is 9.18 Å². The maximum absolute atomic E-state index is 13.5. The van der Waals surface area contributed by atoms with E-state index in [0.29, 0.717) is 6.04 Å². The molecule has 1 aliphatic heterocycles. The van der Waals surface area contributed by atoms with Gasteiger partial charge >= 0.3 is 0 Å². The summed E-state index contributed by atoms with van der Waals surface area (Å²) in [6, 6.07) is 11.5. The van der Waals surface area contributed by atoms with Gasteiger partial charge in [-0.3, -0.25) is 9.48 Å². The molecule has 4 aromatic rings. The van der Waals surface area contributed by atoms with Crippen LogP contribution in [-0.2, 0) is 4.79 Å². The molecule has 0 atom stereocenters. The SMILES string of the molecule is CC(=O)N1CCC(n2ncc3cc(-c4c[nH]c5cc(F)ccc45)ccc32)CC1. The number of H-pyrrole nitrogens is 1. The van der Waals surface area contributed by atoms with Crippen LogP contribution in [0.5, 0.6) is 0 Å². The zero-order chi connectivity index (χ0) is 19.3. The zero-order valence-electron chi connectivity index (χ0n) is 15.7. The minimum Gasteiger partial charge on any atom is -0.360 e. The lowest BCUT2D eigenvalue weighted by atomic mass is 10.0. The standard InChI is InChI=1S/C22H21FN4O/c1-14(28)26-8-6-18(7-9-26)27-22-5-2-15(10-16(22)12-25-27)20-13-24-21-11-17(23)3-4-19(20)21/h2-5,10-13,18,24H,6-9H2,1H3. The number of rotatable bonds is 2. The van der Waals surface area contributed by atoms with Crippen molar-refractivity contribution in [3.05, 3.63) is 54.6 Å². The molecule has 1 N–H and O–H groups in total. The van der Waals surface area contributed by atoms with Gasteiger partial charge in [-0.2, -0.15) is 5.10 Å². The number of carbonyl (C=O) groups excluding carboxylic acids is 1. The van der Waals surface area contributed by atoms with E-state index < -0.39 is 0 Å². The van der Waals surface area contributed by atoms with Crippen LogP contribution in [0, 0.1) is 5.82 Å². The molecule has 0 radical (unpaired) electrons. The van der Waals surface area contributed by atoms with Gasteiger partial charge in [-0.05, 0) is 48.7 Å². The Kier molecular flexibility index (Phi) is 3.93. The fraction of sp³-hybridized carbons (Fsp3) is 0.273. The number of nitrogens with one attached hydrogen (secondary N) is 1. The van der Waals surface area contributed by atoms with Crippen LogP contribution in [0.1, 0.15) is 25.8 Å². The predicted octanol–water partition coefficient (Wildman–Crippen LogP) is 4.51. The van der Waals surface area contributed by atoms with E-state index in [1.165, 1.54) is 12.1 Å². The lowest BCUT2D eigenvalue weighted by molar-refractivity contribution is -0.130. The topological polar surface area (TPSA) is 53.9 Å². The molecular formula is C22H21FN4O. The lowest BCUT2D eigenvalue weighted by Gasteiger charge is -2.31. The van der Waals surface area contributed by atoms with Gasteiger partial charge in [-0.25, -0.2) is 4.39 Å². The van der Waals surface area contributed by atoms with Crippen molar-refractivity contribution in [3.8, 4) is 11.1 Å². The van der Waals surface area contributed by atoms with Gasteiger partial charge in [0.15, 0.2) is 0 Å². The highest BCUT2D eigenvalue weighted by atomic mass is 19.1. The summed E-state index contributed by atoms with van der Waals surface area (Å²) in [6.45, 7) is 3.20. The number of hydrogen-bond acceptors (Lipinski definition) is 2. The van der Waals surface area contributed by atoms with Gasteiger partial charge in [0.25, 0.3) is 0 Å². The van der Waals surface area contributed by atoms with Crippen LogP contribution in [-0.4, -0.2) is 38.7 Å². The van der Waals surface area contributed by atoms with Crippen LogP contribution in [0.3, 0.4) is 0 Å². The number of aromatic amines is 1. The molecule has 1 aliphatic rings. The van der Waals surface area contributed by atoms with E-state index in [-0.39, 0.29) is 11.7 Å². The van der Waals surface area contributed by atoms with Crippen molar-refractivity contribution in [2.45, 2.75) is 25.8 Å². The summed E-state index contributed by atoms with van der Waals surface area (Å²) in [5, 5.41) is 6.73. The van der Waals surface area contributed by atoms with Gasteiger partial charge in [0.2, 0.25) is 5.91 Å². The molecule has 0 unspecified atom stereocenters. The van der Waals surface area contributed by atoms with E-state index in [2.05, 4.69) is 33.0 Å². The molecule has 1 saturated heterocycles. The number of fused-ring (bicyclic) bond motifs is 2. The Morgan fingerprint density at radius 2 is 2.00 bits per heavy atom. The number of piperidine rings is 1. The largest absolute Gasteiger partial charge is 0.360 e. The summed E-state index contributed by atoms with van der Waals surface area (Å²) < 4.78 is 15.6. The first kappa shape index (κ1) is 17.0. The number of halogens is 1. The number of hydrogen-bond donors (Lipinski definition) is 1. The third kappa shape index (κ3) is 2.76. The fourth-order valence-electron chi connectivity index (χ4n) is 4.27. The molecule has 5 nitrogen and oxygen atoms in total. The van der Waals surface area contributed by atoms with Gasteiger partial charge in [0, 0.05) is 48.1 Å². The maximum Gasteiger partial charge on any atom is 0.219 e. The molecular weight excluding hydrogens is 355 g/mol. The van der Waals surface area contributed by atoms with Crippen LogP contribution in [0.2, 0.25) is 0 Å². The van der Waals surface area contributed by atoms with Crippen molar-refractivity contribution >= 4 is 27.7 Å². The molecule has 0 spiro atoms. The Labute approximate surface area is 161 Å². The number of likely N-dealkylation sites (tertiary alicyclic amines) is 1. The first-order valence-corrected chi connectivity index (χ1v) is 9.60. The molecule has 0 saturated carbocycles. The van der Waals surface area contributed by atoms with Crippen LogP contribution in [0.4, 0.5) is 4.39 Å². The van der Waals surface area contributed by atoms with E-state index in [4.69, 9.17) is 0 Å². The quantitative estimate of drug-likeness (QED) is 0.560. The second kappa shape index (κ2) is 6.48. The van der Waals surface area contributed by atoms with Gasteiger partial charge in [0.05, 0.1) is 17.8 Å². The van der Waals surface area contributed by atoms with Crippen molar-refractivity contribution in [2.24, 2.45) is 0 Å². The van der Waals surface area contributed by atoms with Gasteiger partial charge in [0.1, 0.15) is 5.82 Å². The minimum atomic E-state index is -0.242. The summed E-state index contributed by atoms with van der Waals surface area (Å²) in [4.78, 5) is 16.6. The Bertz CT molecular complexity index is 1180. The van der Waals surface area contributed by atoms with E-state index in [1.54, 1.807) is 6.92 Å². The summed E-state index contributed by atoms with van der Waals surface area (Å²) in [5.74, 6) is -0.0968. The smallest absolute Gasteiger partial charge is 0.219 e. The molecule has 1 amide bonds. The Morgan fingerprint density at radius 1 is 1.18 bits per heavy atom. The summed E-state index contributed by atoms with van der Waals surface area (Å²) in [7, 11) is 0. The molecule has 142 valence electrons. The highest BCUT2D eigenvalue weighted by Gasteiger charge is 2.23. The molecule has 3 heterocycles. The molecule has 0 aliphatic carbocycles. The zero-order valence-corrected chi connectivity index (χ0v) is 15.7. The number of amides is 1. The molecule has 1 fully saturated rings. The molecule has 28 heavy (non-hydrogen) atoms. The first-order valence-electron chi connectivity index (χ1n) is 9.60. The van der Waals surface area contributed by atoms with Gasteiger partial charge in [-0.15, -0.1) is 0 Å². The number of carbonyl (C=O) groups is 1. The summed E-state index contributed by atoms with van der Waals surface area (Å²) in [5.41, 5.74) is 4.04. The van der Waals surface area contributed by atoms with Crippen molar-refractivity contribution in [3.63, 3.8) is 0 Å². The Hall–Kier alpha value is -3.15. The number of nitrogens with zero attached hydrogens (tertiary/aromatic N) is 3. The Morgan fingerprint density at radius 3 is 2.79 bits per heavy atom. The summed E-state index contributed by atoms with van der Waals surface area (Å²) in [6.07, 6.45) is 5.68. The molecule has 0 bridgehead atoms. The van der Waals surface area contributed by atoms with Crippen molar-refractivity contribution in [2.75, 3.05) is 13.1 Å². The van der Waals surface area contributed by atoms with E-state index >= 15 is 0 Å². The Balaban J connectivity index is 1.47. The normalized spacial score (nSPS) is 15.6. The highest BCUT2D eigenvalue weighted by Crippen LogP contribution is 2.33.